The number of hydrogen-bond acceptors (Lipinski definition) is 3. The third kappa shape index (κ3) is 1.76. The van der Waals surface area contributed by atoms with Gasteiger partial charge < -0.3 is 0 Å². The lowest BCUT2D eigenvalue weighted by atomic mass is 9.63. The van der Waals surface area contributed by atoms with Crippen LogP contribution in [0.5, 0.6) is 0 Å². The summed E-state index contributed by atoms with van der Waals surface area (Å²) in [5.74, 6) is 5.66. The molecular formula is C10H20N2O. The maximum Gasteiger partial charge on any atom is 0.157 e. The molecule has 3 heteroatoms. The fourth-order valence-electron chi connectivity index (χ4n) is 1.95. The predicted molar refractivity (Wildman–Crippen MR) is 52.9 cm³/mol. The highest BCUT2D eigenvalue weighted by Crippen LogP contribution is 2.41. The number of carbonyl (C=O) groups is 1. The second-order valence-electron chi connectivity index (χ2n) is 5.34. The fraction of sp³-hybridized carbons (Fsp3) is 0.900. The van der Waals surface area contributed by atoms with Crippen molar-refractivity contribution in [1.82, 2.24) is 5.43 Å². The summed E-state index contributed by atoms with van der Waals surface area (Å²) in [7, 11) is 0. The lowest BCUT2D eigenvalue weighted by Gasteiger charge is -2.44. The molecule has 0 aliphatic heterocycles. The van der Waals surface area contributed by atoms with Crippen molar-refractivity contribution in [2.24, 2.45) is 16.7 Å². The molecule has 13 heavy (non-hydrogen) atoms. The zero-order valence-corrected chi connectivity index (χ0v) is 8.98. The first-order valence-electron chi connectivity index (χ1n) is 4.82. The van der Waals surface area contributed by atoms with Crippen molar-refractivity contribution in [3.63, 3.8) is 0 Å². The summed E-state index contributed by atoms with van der Waals surface area (Å²) in [5.41, 5.74) is 2.42. The zero-order valence-electron chi connectivity index (χ0n) is 8.98. The van der Waals surface area contributed by atoms with E-state index in [2.05, 4.69) is 19.3 Å². The van der Waals surface area contributed by atoms with Gasteiger partial charge >= 0.3 is 0 Å². The number of rotatable bonds is 1. The number of nitrogens with two attached hydrogens (primary N) is 1. The fourth-order valence-corrected chi connectivity index (χ4v) is 1.95. The van der Waals surface area contributed by atoms with Crippen molar-refractivity contribution in [1.29, 1.82) is 0 Å². The number of ketones is 1. The van der Waals surface area contributed by atoms with E-state index in [1.807, 2.05) is 13.8 Å². The maximum atomic E-state index is 12.0. The molecule has 0 bridgehead atoms. The van der Waals surface area contributed by atoms with Crippen LogP contribution < -0.4 is 11.3 Å². The van der Waals surface area contributed by atoms with Gasteiger partial charge in [0, 0.05) is 5.41 Å². The van der Waals surface area contributed by atoms with Crippen LogP contribution in [0.1, 0.15) is 40.5 Å². The van der Waals surface area contributed by atoms with E-state index in [0.29, 0.717) is 0 Å². The summed E-state index contributed by atoms with van der Waals surface area (Å²) in [4.78, 5) is 12.0. The quantitative estimate of drug-likeness (QED) is 0.476. The molecule has 0 aromatic rings. The van der Waals surface area contributed by atoms with Gasteiger partial charge in [0.2, 0.25) is 0 Å². The first-order valence-corrected chi connectivity index (χ1v) is 4.82. The predicted octanol–water partition coefficient (Wildman–Crippen LogP) is 1.23. The van der Waals surface area contributed by atoms with Gasteiger partial charge in [-0.15, -0.1) is 0 Å². The van der Waals surface area contributed by atoms with Crippen molar-refractivity contribution in [3.05, 3.63) is 0 Å². The van der Waals surface area contributed by atoms with Gasteiger partial charge in [0.05, 0.1) is 6.04 Å². The van der Waals surface area contributed by atoms with E-state index in [4.69, 9.17) is 5.84 Å². The van der Waals surface area contributed by atoms with Crippen LogP contribution >= 0.6 is 0 Å². The zero-order chi connectivity index (χ0) is 10.3. The second kappa shape index (κ2) is 3.07. The van der Waals surface area contributed by atoms with Gasteiger partial charge in [0.1, 0.15) is 0 Å². The first kappa shape index (κ1) is 10.7. The molecule has 3 N–H and O–H groups in total. The molecule has 1 unspecified atom stereocenters. The van der Waals surface area contributed by atoms with Gasteiger partial charge in [-0.3, -0.25) is 10.6 Å². The molecule has 0 heterocycles. The summed E-state index contributed by atoms with van der Waals surface area (Å²) in [5, 5.41) is 0. The highest BCUT2D eigenvalue weighted by atomic mass is 16.1. The molecule has 1 aliphatic rings. The Labute approximate surface area is 80.0 Å². The van der Waals surface area contributed by atoms with Crippen LogP contribution in [0.25, 0.3) is 0 Å². The lowest BCUT2D eigenvalue weighted by Crippen LogP contribution is -2.58. The largest absolute Gasteiger partial charge is 0.297 e. The van der Waals surface area contributed by atoms with Gasteiger partial charge in [-0.05, 0) is 18.3 Å². The van der Waals surface area contributed by atoms with Crippen molar-refractivity contribution in [2.75, 3.05) is 0 Å². The van der Waals surface area contributed by atoms with Gasteiger partial charge in [0.15, 0.2) is 5.78 Å². The Kier molecular flexibility index (Phi) is 2.52. The molecule has 1 fully saturated rings. The van der Waals surface area contributed by atoms with Gasteiger partial charge in [0.25, 0.3) is 0 Å². The van der Waals surface area contributed by atoms with Crippen LogP contribution in [-0.4, -0.2) is 11.8 Å². The molecule has 0 amide bonds. The van der Waals surface area contributed by atoms with E-state index in [9.17, 15) is 4.79 Å². The van der Waals surface area contributed by atoms with E-state index in [-0.39, 0.29) is 22.7 Å². The van der Waals surface area contributed by atoms with Crippen molar-refractivity contribution >= 4 is 5.78 Å². The third-order valence-electron chi connectivity index (χ3n) is 3.27. The summed E-state index contributed by atoms with van der Waals surface area (Å²) in [6.45, 7) is 8.17. The molecule has 0 saturated heterocycles. The molecule has 0 aromatic heterocycles. The van der Waals surface area contributed by atoms with E-state index in [0.717, 1.165) is 12.8 Å². The minimum atomic E-state index is -0.216. The van der Waals surface area contributed by atoms with Gasteiger partial charge in [-0.2, -0.15) is 0 Å². The Bertz CT molecular complexity index is 221. The average molecular weight is 184 g/mol. The number of hydrazine groups is 1. The molecule has 0 aromatic carbocycles. The Morgan fingerprint density at radius 3 is 2.23 bits per heavy atom. The number of hydrogen-bond donors (Lipinski definition) is 2. The number of nitrogens with one attached hydrogen (secondary N) is 1. The van der Waals surface area contributed by atoms with Gasteiger partial charge in [-0.1, -0.05) is 27.7 Å². The molecule has 76 valence electrons. The van der Waals surface area contributed by atoms with Crippen LogP contribution in [0.3, 0.4) is 0 Å². The monoisotopic (exact) mass is 184 g/mol. The summed E-state index contributed by atoms with van der Waals surface area (Å²) in [6, 6.07) is -0.198. The van der Waals surface area contributed by atoms with E-state index >= 15 is 0 Å². The lowest BCUT2D eigenvalue weighted by molar-refractivity contribution is -0.136. The first-order chi connectivity index (χ1) is 5.81. The summed E-state index contributed by atoms with van der Waals surface area (Å²) in [6.07, 6.45) is 2.00. The standard InChI is InChI=1S/C10H20N2O/c1-9(2)5-6-10(3,4)8(13)7(9)12-11/h7,12H,5-6,11H2,1-4H3. The number of carbonyl (C=O) groups excluding carboxylic acids is 1. The summed E-state index contributed by atoms with van der Waals surface area (Å²) < 4.78 is 0. The molecule has 0 radical (unpaired) electrons. The third-order valence-corrected chi connectivity index (χ3v) is 3.27. The van der Waals surface area contributed by atoms with Crippen molar-refractivity contribution in [2.45, 2.75) is 46.6 Å². The average Bonchev–Trinajstić information content (AvgIpc) is 2.00. The molecule has 1 atom stereocenters. The Morgan fingerprint density at radius 2 is 1.85 bits per heavy atom. The van der Waals surface area contributed by atoms with Crippen LogP contribution in [0.4, 0.5) is 0 Å². The van der Waals surface area contributed by atoms with Crippen LogP contribution in [0, 0.1) is 10.8 Å². The SMILES string of the molecule is CC1(C)CCC(C)(C)C(NN)C1=O. The van der Waals surface area contributed by atoms with Gasteiger partial charge in [-0.25, -0.2) is 5.43 Å². The number of Topliss-reactive ketones (excluding diaryl/α,β-unsaturated/α-hetero) is 1. The molecule has 1 saturated carbocycles. The topological polar surface area (TPSA) is 55.1 Å². The van der Waals surface area contributed by atoms with Crippen LogP contribution in [0.15, 0.2) is 0 Å². The highest BCUT2D eigenvalue weighted by Gasteiger charge is 2.46. The normalized spacial score (nSPS) is 31.8. The van der Waals surface area contributed by atoms with E-state index in [1.54, 1.807) is 0 Å². The summed E-state index contributed by atoms with van der Waals surface area (Å²) >= 11 is 0. The molecule has 0 spiro atoms. The van der Waals surface area contributed by atoms with E-state index in [1.165, 1.54) is 0 Å². The highest BCUT2D eigenvalue weighted by molar-refractivity contribution is 5.90. The smallest absolute Gasteiger partial charge is 0.157 e. The molecule has 3 nitrogen and oxygen atoms in total. The Hall–Kier alpha value is -0.410. The van der Waals surface area contributed by atoms with Crippen molar-refractivity contribution < 1.29 is 4.79 Å². The van der Waals surface area contributed by atoms with Crippen molar-refractivity contribution in [3.8, 4) is 0 Å². The minimum absolute atomic E-state index is 0.0125. The maximum absolute atomic E-state index is 12.0. The molecular weight excluding hydrogens is 164 g/mol. The Morgan fingerprint density at radius 1 is 1.31 bits per heavy atom. The Balaban J connectivity index is 2.92. The second-order valence-corrected chi connectivity index (χ2v) is 5.34. The van der Waals surface area contributed by atoms with E-state index < -0.39 is 0 Å². The molecule has 1 aliphatic carbocycles. The van der Waals surface area contributed by atoms with Crippen LogP contribution in [-0.2, 0) is 4.79 Å². The molecule has 1 rings (SSSR count). The minimum Gasteiger partial charge on any atom is -0.297 e. The van der Waals surface area contributed by atoms with Crippen LogP contribution in [0.2, 0.25) is 0 Å².